The number of nitrogens with one attached hydrogen (secondary N) is 1. The summed E-state index contributed by atoms with van der Waals surface area (Å²) in [6, 6.07) is 6.98. The molecule has 1 aromatic carbocycles. The minimum Gasteiger partial charge on any atom is -0.316 e. The molecule has 0 aliphatic heterocycles. The molecule has 1 aliphatic carbocycles. The lowest BCUT2D eigenvalue weighted by Gasteiger charge is -2.30. The summed E-state index contributed by atoms with van der Waals surface area (Å²) in [7, 11) is 0. The zero-order chi connectivity index (χ0) is 12.1. The third-order valence-corrected chi connectivity index (χ3v) is 3.53. The summed E-state index contributed by atoms with van der Waals surface area (Å²) in [5, 5.41) is 3.50. The Balaban J connectivity index is 2.13. The predicted octanol–water partition coefficient (Wildman–Crippen LogP) is 3.41. The molecule has 2 heteroatoms. The second-order valence-corrected chi connectivity index (χ2v) is 4.84. The number of hydrogen-bond acceptors (Lipinski definition) is 1. The first-order valence-electron chi connectivity index (χ1n) is 6.39. The maximum absolute atomic E-state index is 13.0. The van der Waals surface area contributed by atoms with Crippen molar-refractivity contribution in [3.8, 4) is 0 Å². The van der Waals surface area contributed by atoms with Crippen molar-refractivity contribution in [1.82, 2.24) is 5.32 Å². The van der Waals surface area contributed by atoms with Gasteiger partial charge in [0, 0.05) is 12.0 Å². The number of halogens is 1. The van der Waals surface area contributed by atoms with Crippen LogP contribution in [0.3, 0.4) is 0 Å². The first-order valence-corrected chi connectivity index (χ1v) is 6.39. The highest BCUT2D eigenvalue weighted by Crippen LogP contribution is 2.36. The van der Waals surface area contributed by atoms with Gasteiger partial charge in [-0.15, -0.1) is 0 Å². The van der Waals surface area contributed by atoms with Crippen LogP contribution in [0, 0.1) is 5.82 Å². The van der Waals surface area contributed by atoms with Crippen LogP contribution in [0.25, 0.3) is 0 Å². The molecule has 17 heavy (non-hydrogen) atoms. The summed E-state index contributed by atoms with van der Waals surface area (Å²) in [5.41, 5.74) is 1.38. The molecule has 0 amide bonds. The molecule has 0 atom stereocenters. The van der Waals surface area contributed by atoms with Gasteiger partial charge in [0.2, 0.25) is 0 Å². The van der Waals surface area contributed by atoms with Crippen molar-refractivity contribution in [3.63, 3.8) is 0 Å². The molecule has 92 valence electrons. The van der Waals surface area contributed by atoms with E-state index in [4.69, 9.17) is 0 Å². The standard InChI is InChI=1S/C15H20FN/c1-2-11-17-12-15(9-3-4-10-15)13-5-7-14(16)8-6-13/h3-8,17H,2,9-12H2,1H3. The van der Waals surface area contributed by atoms with Crippen molar-refractivity contribution in [1.29, 1.82) is 0 Å². The van der Waals surface area contributed by atoms with Gasteiger partial charge in [-0.3, -0.25) is 0 Å². The first kappa shape index (κ1) is 12.3. The van der Waals surface area contributed by atoms with Crippen LogP contribution < -0.4 is 5.32 Å². The summed E-state index contributed by atoms with van der Waals surface area (Å²) in [4.78, 5) is 0. The van der Waals surface area contributed by atoms with Crippen LogP contribution in [-0.4, -0.2) is 13.1 Å². The van der Waals surface area contributed by atoms with Gasteiger partial charge in [0.1, 0.15) is 5.82 Å². The third kappa shape index (κ3) is 2.75. The zero-order valence-electron chi connectivity index (χ0n) is 10.4. The SMILES string of the molecule is CCCNCC1(c2ccc(F)cc2)CC=CC1. The number of allylic oxidation sites excluding steroid dienone is 2. The van der Waals surface area contributed by atoms with Crippen molar-refractivity contribution >= 4 is 0 Å². The highest BCUT2D eigenvalue weighted by Gasteiger charge is 2.32. The molecule has 0 radical (unpaired) electrons. The molecular formula is C15H20FN. The van der Waals surface area contributed by atoms with Crippen LogP contribution in [0.2, 0.25) is 0 Å². The van der Waals surface area contributed by atoms with E-state index in [-0.39, 0.29) is 11.2 Å². The van der Waals surface area contributed by atoms with Crippen molar-refractivity contribution in [2.45, 2.75) is 31.6 Å². The molecular weight excluding hydrogens is 213 g/mol. The quantitative estimate of drug-likeness (QED) is 0.607. The maximum atomic E-state index is 13.0. The topological polar surface area (TPSA) is 12.0 Å². The molecule has 1 aromatic rings. The third-order valence-electron chi connectivity index (χ3n) is 3.53. The second-order valence-electron chi connectivity index (χ2n) is 4.84. The van der Waals surface area contributed by atoms with Crippen molar-refractivity contribution in [2.75, 3.05) is 13.1 Å². The Morgan fingerprint density at radius 2 is 1.82 bits per heavy atom. The fourth-order valence-electron chi connectivity index (χ4n) is 2.49. The maximum Gasteiger partial charge on any atom is 0.123 e. The van der Waals surface area contributed by atoms with Gasteiger partial charge in [-0.05, 0) is 43.5 Å². The molecule has 1 aliphatic rings. The van der Waals surface area contributed by atoms with Gasteiger partial charge in [0.05, 0.1) is 0 Å². The largest absolute Gasteiger partial charge is 0.316 e. The Morgan fingerprint density at radius 3 is 2.41 bits per heavy atom. The lowest BCUT2D eigenvalue weighted by molar-refractivity contribution is 0.418. The minimum absolute atomic E-state index is 0.142. The Labute approximate surface area is 103 Å². The predicted molar refractivity (Wildman–Crippen MR) is 69.6 cm³/mol. The number of benzene rings is 1. The summed E-state index contributed by atoms with van der Waals surface area (Å²) in [6.45, 7) is 4.19. The van der Waals surface area contributed by atoms with Crippen molar-refractivity contribution in [3.05, 3.63) is 47.8 Å². The minimum atomic E-state index is -0.156. The van der Waals surface area contributed by atoms with Gasteiger partial charge in [0.15, 0.2) is 0 Å². The highest BCUT2D eigenvalue weighted by atomic mass is 19.1. The molecule has 0 heterocycles. The monoisotopic (exact) mass is 233 g/mol. The summed E-state index contributed by atoms with van der Waals surface area (Å²) >= 11 is 0. The molecule has 0 aromatic heterocycles. The van der Waals surface area contributed by atoms with E-state index in [0.29, 0.717) is 0 Å². The first-order chi connectivity index (χ1) is 8.27. The molecule has 0 saturated heterocycles. The molecule has 0 spiro atoms. The van der Waals surface area contributed by atoms with Gasteiger partial charge < -0.3 is 5.32 Å². The van der Waals surface area contributed by atoms with Gasteiger partial charge >= 0.3 is 0 Å². The van der Waals surface area contributed by atoms with Crippen LogP contribution in [-0.2, 0) is 5.41 Å². The Kier molecular flexibility index (Phi) is 3.95. The molecule has 1 N–H and O–H groups in total. The van der Waals surface area contributed by atoms with Gasteiger partial charge in [-0.2, -0.15) is 0 Å². The van der Waals surface area contributed by atoms with E-state index >= 15 is 0 Å². The van der Waals surface area contributed by atoms with Crippen LogP contribution in [0.1, 0.15) is 31.7 Å². The molecule has 0 bridgehead atoms. The van der Waals surface area contributed by atoms with E-state index in [1.165, 1.54) is 5.56 Å². The highest BCUT2D eigenvalue weighted by molar-refractivity contribution is 5.31. The van der Waals surface area contributed by atoms with E-state index in [1.54, 1.807) is 12.1 Å². The Morgan fingerprint density at radius 1 is 1.18 bits per heavy atom. The van der Waals surface area contributed by atoms with Crippen LogP contribution in [0.15, 0.2) is 36.4 Å². The van der Waals surface area contributed by atoms with E-state index in [9.17, 15) is 4.39 Å². The van der Waals surface area contributed by atoms with E-state index in [0.717, 1.165) is 32.4 Å². The lowest BCUT2D eigenvalue weighted by Crippen LogP contribution is -2.36. The normalized spacial score (nSPS) is 17.5. The Bertz CT molecular complexity index is 372. The van der Waals surface area contributed by atoms with Crippen molar-refractivity contribution in [2.24, 2.45) is 0 Å². The van der Waals surface area contributed by atoms with Crippen LogP contribution in [0.5, 0.6) is 0 Å². The fraction of sp³-hybridized carbons (Fsp3) is 0.467. The van der Waals surface area contributed by atoms with Gasteiger partial charge in [-0.25, -0.2) is 4.39 Å². The molecule has 2 rings (SSSR count). The van der Waals surface area contributed by atoms with E-state index in [2.05, 4.69) is 24.4 Å². The number of rotatable bonds is 5. The number of hydrogen-bond donors (Lipinski definition) is 1. The van der Waals surface area contributed by atoms with E-state index < -0.39 is 0 Å². The molecule has 0 unspecified atom stereocenters. The zero-order valence-corrected chi connectivity index (χ0v) is 10.4. The fourth-order valence-corrected chi connectivity index (χ4v) is 2.49. The average Bonchev–Trinajstić information content (AvgIpc) is 2.80. The lowest BCUT2D eigenvalue weighted by atomic mass is 9.78. The smallest absolute Gasteiger partial charge is 0.123 e. The van der Waals surface area contributed by atoms with Gasteiger partial charge in [-0.1, -0.05) is 31.2 Å². The summed E-state index contributed by atoms with van der Waals surface area (Å²) < 4.78 is 13.0. The average molecular weight is 233 g/mol. The van der Waals surface area contributed by atoms with Gasteiger partial charge in [0.25, 0.3) is 0 Å². The Hall–Kier alpha value is -1.15. The molecule has 1 nitrogen and oxygen atoms in total. The summed E-state index contributed by atoms with van der Waals surface area (Å²) in [6.07, 6.45) is 7.71. The van der Waals surface area contributed by atoms with Crippen molar-refractivity contribution < 1.29 is 4.39 Å². The van der Waals surface area contributed by atoms with E-state index in [1.807, 2.05) is 12.1 Å². The second kappa shape index (κ2) is 5.46. The molecule has 0 saturated carbocycles. The van der Waals surface area contributed by atoms with Crippen LogP contribution in [0.4, 0.5) is 4.39 Å². The molecule has 0 fully saturated rings. The summed E-state index contributed by atoms with van der Waals surface area (Å²) in [5.74, 6) is -0.156. The van der Waals surface area contributed by atoms with Crippen LogP contribution >= 0.6 is 0 Å².